The van der Waals surface area contributed by atoms with Crippen molar-refractivity contribution in [1.29, 1.82) is 0 Å². The van der Waals surface area contributed by atoms with Crippen molar-refractivity contribution in [3.8, 4) is 45.6 Å². The summed E-state index contributed by atoms with van der Waals surface area (Å²) in [5, 5.41) is 2.50. The van der Waals surface area contributed by atoms with Gasteiger partial charge >= 0.3 is 42.2 Å². The Kier molecular flexibility index (Phi) is 8.88. The molecular weight excluding hydrogens is 930 g/mol. The predicted octanol–water partition coefficient (Wildman–Crippen LogP) is 4.82. The van der Waals surface area contributed by atoms with Crippen LogP contribution < -0.4 is 32.7 Å². The molecule has 2 aliphatic heterocycles. The number of rotatable bonds is 4. The maximum atomic E-state index is 13.5. The van der Waals surface area contributed by atoms with E-state index < -0.39 is 0 Å². The maximum Gasteiger partial charge on any atom is 2.00 e. The molecule has 0 amide bonds. The van der Waals surface area contributed by atoms with Crippen LogP contribution in [-0.2, 0) is 73.8 Å². The normalized spacial score (nSPS) is 12.4. The van der Waals surface area contributed by atoms with Gasteiger partial charge in [-0.1, -0.05) is 0 Å². The molecule has 7 aromatic heterocycles. The molecule has 0 atom stereocenters. The molecule has 0 unspecified atom stereocenters. The van der Waals surface area contributed by atoms with Crippen LogP contribution in [0.2, 0.25) is 0 Å². The molecule has 9 heterocycles. The number of fused-ring (bicyclic) bond motifs is 24. The van der Waals surface area contributed by atoms with Crippen LogP contribution in [0.4, 0.5) is 0 Å². The number of aryl methyl sites for hydroxylation is 8. The molecule has 13 rings (SSSR count). The van der Waals surface area contributed by atoms with Crippen LogP contribution in [0.25, 0.3) is 134 Å². The zero-order valence-electron chi connectivity index (χ0n) is 38.9. The summed E-state index contributed by atoms with van der Waals surface area (Å²) < 4.78 is 13.2. The van der Waals surface area contributed by atoms with Crippen LogP contribution in [-0.4, -0.2) is 66.4 Å². The number of benzene rings is 4. The molecule has 338 valence electrons. The fraction of sp³-hybridized carbons (Fsp3) is 0.250. The molecule has 8 bridgehead atoms. The number of nitrogens with zero attached hydrogens (tertiary/aromatic N) is 16. The van der Waals surface area contributed by atoms with Gasteiger partial charge < -0.3 is 29.9 Å². The molecule has 21 heteroatoms. The second-order valence-electron chi connectivity index (χ2n) is 17.4. The van der Waals surface area contributed by atoms with Gasteiger partial charge in [-0.15, -0.1) is 0 Å². The van der Waals surface area contributed by atoms with Gasteiger partial charge in [-0.05, 0) is 97.8 Å². The molecule has 0 radical (unpaired) electrons. The summed E-state index contributed by atoms with van der Waals surface area (Å²) >= 11 is 0. The van der Waals surface area contributed by atoms with E-state index in [1.54, 1.807) is 64.7 Å². The molecule has 11 aromatic rings. The minimum atomic E-state index is -0.163. The minimum Gasteiger partial charge on any atom is -0.357 e. The zero-order valence-corrected chi connectivity index (χ0v) is 41.9. The van der Waals surface area contributed by atoms with Gasteiger partial charge in [0, 0.05) is 99.2 Å². The first-order valence-electron chi connectivity index (χ1n) is 22.5. The number of aromatic nitrogens is 16. The average molecular weight is 970 g/mol. The van der Waals surface area contributed by atoms with Gasteiger partial charge in [-0.2, -0.15) is 0 Å². The Balaban J connectivity index is 0.00000492. The van der Waals surface area contributed by atoms with E-state index in [-0.39, 0.29) is 42.2 Å². The first kappa shape index (κ1) is 42.3. The van der Waals surface area contributed by atoms with Gasteiger partial charge in [0.15, 0.2) is 0 Å². The summed E-state index contributed by atoms with van der Waals surface area (Å²) in [5.41, 5.74) is 8.60. The molecule has 0 saturated carbocycles. The Hall–Kier alpha value is -8.06. The van der Waals surface area contributed by atoms with Crippen molar-refractivity contribution in [3.63, 3.8) is 0 Å². The molecule has 0 fully saturated rings. The largest absolute Gasteiger partial charge is 2.00 e. The second-order valence-corrected chi connectivity index (χ2v) is 17.4. The van der Waals surface area contributed by atoms with E-state index in [1.807, 2.05) is 76.2 Å². The molecule has 0 saturated heterocycles. The summed E-state index contributed by atoms with van der Waals surface area (Å²) in [6.07, 6.45) is 0. The fourth-order valence-electron chi connectivity index (χ4n) is 10.5. The summed E-state index contributed by atoms with van der Waals surface area (Å²) in [7, 11) is 6.96. The molecular formula is C48H40N16O4Zn. The van der Waals surface area contributed by atoms with Crippen molar-refractivity contribution >= 4 is 88.3 Å². The Labute approximate surface area is 400 Å². The molecule has 0 spiro atoms. The van der Waals surface area contributed by atoms with E-state index in [0.29, 0.717) is 160 Å². The molecule has 0 N–H and O–H groups in total. The van der Waals surface area contributed by atoms with Gasteiger partial charge in [-0.3, -0.25) is 36.5 Å². The Bertz CT molecular complexity index is 4310. The van der Waals surface area contributed by atoms with Gasteiger partial charge in [0.05, 0.1) is 67.4 Å². The zero-order chi connectivity index (χ0) is 46.9. The van der Waals surface area contributed by atoms with Gasteiger partial charge in [0.1, 0.15) is 0 Å². The minimum absolute atomic E-state index is 0. The van der Waals surface area contributed by atoms with E-state index in [1.165, 1.54) is 0 Å². The van der Waals surface area contributed by atoms with Gasteiger partial charge in [-0.25, -0.2) is 29.1 Å². The predicted molar refractivity (Wildman–Crippen MR) is 260 cm³/mol. The van der Waals surface area contributed by atoms with Crippen molar-refractivity contribution in [3.05, 3.63) is 90.5 Å². The van der Waals surface area contributed by atoms with Crippen LogP contribution in [0.1, 0.15) is 27.7 Å². The van der Waals surface area contributed by atoms with Crippen LogP contribution in [0, 0.1) is 0 Å². The molecule has 4 aromatic carbocycles. The average Bonchev–Trinajstić information content (AvgIpc) is 4.20. The van der Waals surface area contributed by atoms with E-state index in [0.717, 1.165) is 0 Å². The van der Waals surface area contributed by atoms with E-state index in [4.69, 9.17) is 39.9 Å². The van der Waals surface area contributed by atoms with Crippen molar-refractivity contribution in [2.75, 3.05) is 0 Å². The van der Waals surface area contributed by atoms with Gasteiger partial charge in [0.2, 0.25) is 0 Å². The standard InChI is InChI=1S/C48H40N16O4.Zn/c1-9-61-33-17-25-21(13-29(33)57(5)45(61)65)37-49-41(25)53-38-22-14-30-34(62(10-2)46(66)58(30)6)18-26(22)43(50-38)55-40-24-16-32-36(64(12-4)48(68)60(32)8)20-28(24)44(52-40)56-39-23-15-31-35(19-27(23)42(51-39)54-37)63(11-3)47(67)59(31)7;/h13-20H,9-12H2,1-8H3;/q-2;+2. The summed E-state index contributed by atoms with van der Waals surface area (Å²) in [6.45, 7) is 9.46. The Morgan fingerprint density at radius 2 is 0.565 bits per heavy atom. The van der Waals surface area contributed by atoms with E-state index in [9.17, 15) is 19.2 Å². The van der Waals surface area contributed by atoms with E-state index in [2.05, 4.69) is 0 Å². The van der Waals surface area contributed by atoms with Crippen molar-refractivity contribution in [2.24, 2.45) is 28.2 Å². The Morgan fingerprint density at radius 1 is 0.348 bits per heavy atom. The smallest absolute Gasteiger partial charge is 0.357 e. The van der Waals surface area contributed by atoms with Crippen molar-refractivity contribution < 1.29 is 19.5 Å². The third kappa shape index (κ3) is 5.46. The number of hydrogen-bond donors (Lipinski definition) is 0. The second kappa shape index (κ2) is 14.5. The Morgan fingerprint density at radius 3 is 0.826 bits per heavy atom. The van der Waals surface area contributed by atoms with Crippen LogP contribution in [0.15, 0.2) is 67.7 Å². The molecule has 2 aliphatic rings. The monoisotopic (exact) mass is 968 g/mol. The van der Waals surface area contributed by atoms with Crippen molar-refractivity contribution in [1.82, 2.24) is 76.4 Å². The number of imidazole rings is 4. The first-order chi connectivity index (χ1) is 32.8. The van der Waals surface area contributed by atoms with Crippen LogP contribution >= 0.6 is 0 Å². The molecule has 0 aliphatic carbocycles. The summed E-state index contributed by atoms with van der Waals surface area (Å²) in [5.74, 6) is 1.19. The van der Waals surface area contributed by atoms with Crippen LogP contribution in [0.5, 0.6) is 0 Å². The summed E-state index contributed by atoms with van der Waals surface area (Å²) in [4.78, 5) is 95.4. The van der Waals surface area contributed by atoms with Crippen molar-refractivity contribution in [2.45, 2.75) is 53.9 Å². The molecule has 69 heavy (non-hydrogen) atoms. The summed E-state index contributed by atoms with van der Waals surface area (Å²) in [6, 6.07) is 15.3. The third-order valence-corrected chi connectivity index (χ3v) is 14.0. The third-order valence-electron chi connectivity index (χ3n) is 14.0. The van der Waals surface area contributed by atoms with Gasteiger partial charge in [0.25, 0.3) is 0 Å². The SMILES string of the molecule is CCn1c(=O)n(C)c2cc3c(cc21)-c1nc-3nc2[n-]c(nc3nc(nc4[n-]c(n1)c1cc5c(cc41)n(CC)c(=O)n5C)-c1cc4c(cc1-3)n(CC)c(=O)n4C)c1cc3c(cc21)n(CC)c(=O)n3C.[Zn+2]. The quantitative estimate of drug-likeness (QED) is 0.217. The first-order valence-corrected chi connectivity index (χ1v) is 22.5. The van der Waals surface area contributed by atoms with Crippen LogP contribution in [0.3, 0.4) is 0 Å². The van der Waals surface area contributed by atoms with E-state index >= 15 is 0 Å². The topological polar surface area (TPSA) is 213 Å². The number of hydrogen-bond acceptors (Lipinski definition) is 10. The maximum absolute atomic E-state index is 13.5. The molecule has 20 nitrogen and oxygen atoms in total. The fourth-order valence-corrected chi connectivity index (χ4v) is 10.5.